The quantitative estimate of drug-likeness (QED) is 0.0383. The first-order valence-corrected chi connectivity index (χ1v) is 39.5. The highest BCUT2D eigenvalue weighted by Gasteiger charge is 2.34. The summed E-state index contributed by atoms with van der Waals surface area (Å²) in [7, 11) is 0. The van der Waals surface area contributed by atoms with E-state index >= 15 is 0 Å². The summed E-state index contributed by atoms with van der Waals surface area (Å²) < 4.78 is 48.5. The highest BCUT2D eigenvalue weighted by atomic mass is 32.1. The van der Waals surface area contributed by atoms with Crippen molar-refractivity contribution in [1.29, 1.82) is 0 Å². The fourth-order valence-corrected chi connectivity index (χ4v) is 16.1. The van der Waals surface area contributed by atoms with Crippen LogP contribution in [0.5, 0.6) is 0 Å². The Morgan fingerprint density at radius 2 is 0.877 bits per heavy atom. The molecule has 34 heteroatoms. The lowest BCUT2D eigenvalue weighted by Crippen LogP contribution is -2.35. The third-order valence-corrected chi connectivity index (χ3v) is 22.1. The molecule has 11 aromatic heterocycles. The number of rotatable bonds is 21. The molecular weight excluding hydrogens is 1540 g/mol. The zero-order chi connectivity index (χ0) is 77.7. The molecule has 114 heavy (non-hydrogen) atoms. The van der Waals surface area contributed by atoms with Gasteiger partial charge in [0.15, 0.2) is 60.9 Å². The molecule has 4 N–H and O–H groups in total. The minimum absolute atomic E-state index is 0. The minimum atomic E-state index is -0.608. The predicted octanol–water partition coefficient (Wildman–Crippen LogP) is 15.6. The summed E-state index contributed by atoms with van der Waals surface area (Å²) in [6.45, 7) is 10.2. The van der Waals surface area contributed by atoms with E-state index in [0.29, 0.717) is 208 Å². The van der Waals surface area contributed by atoms with Crippen molar-refractivity contribution in [3.8, 4) is 45.8 Å². The number of ketones is 4. The molecule has 0 saturated carbocycles. The van der Waals surface area contributed by atoms with Crippen LogP contribution in [0.3, 0.4) is 0 Å². The molecule has 4 saturated heterocycles. The Hall–Kier alpha value is -11.1. The van der Waals surface area contributed by atoms with Crippen molar-refractivity contribution in [3.63, 3.8) is 0 Å². The molecule has 596 valence electrons. The summed E-state index contributed by atoms with van der Waals surface area (Å²) in [5.41, 5.74) is 3.63. The van der Waals surface area contributed by atoms with Crippen LogP contribution in [-0.4, -0.2) is 170 Å². The monoisotopic (exact) mass is 1630 g/mol. The molecule has 4 amide bonds. The van der Waals surface area contributed by atoms with Crippen LogP contribution >= 0.6 is 45.3 Å². The standard InChI is InChI=1S/C20H19N3O4S.C20H23N3O4S.C19H18N4O4S.C19H17N3O5S.2CH4/c1-12-4-5-14(11-21-12)19(25)23-20-22-16(15-3-2-8-27-15)18(28-20)17(24)13-6-9-26-10-7-13;24-16(13-23-8-2-1-3-9-23)21-20-22-17(15-5-4-10-27-15)19(28-20)18(25)14-6-11-26-12-7-14;1-11-20-9-13(10-21-11)18(25)23-19-22-15(14-3-2-6-27-14)17(28-19)16(24)12-4-7-26-8-5-12;23-16(13-4-1-2-8-20-13)17-15(14-5-3-9-26-14)21-18(28-17)22-19(24)27-12-6-10-25-11-7-12;;/h2-5,8,11,13H,6-7,9-10H2,1H3,(H,22,23,25);1-2,4-5,10,14H,3,6-9,11-13H2,(H,21,22,24);2-3,6,9-10,12H,4-5,7-8H2,1H3,(H,22,23,25);1-5,8-9,12H,6-7,10-11H2,(H,21,22,24);2*1H4. The first kappa shape index (κ1) is 83.8. The van der Waals surface area contributed by atoms with Gasteiger partial charge in [0.25, 0.3) is 11.8 Å². The second-order valence-corrected chi connectivity index (χ2v) is 30.0. The Kier molecular flexibility index (Phi) is 30.2. The van der Waals surface area contributed by atoms with Crippen LogP contribution in [0.25, 0.3) is 45.8 Å². The topological polar surface area (TPSA) is 390 Å². The van der Waals surface area contributed by atoms with Crippen molar-refractivity contribution in [2.45, 2.75) is 92.6 Å². The van der Waals surface area contributed by atoms with Crippen molar-refractivity contribution in [1.82, 2.24) is 44.8 Å². The van der Waals surface area contributed by atoms with E-state index < -0.39 is 6.09 Å². The first-order valence-electron chi connectivity index (χ1n) is 36.2. The molecule has 0 aliphatic carbocycles. The summed E-state index contributed by atoms with van der Waals surface area (Å²) in [6, 6.07) is 22.5. The van der Waals surface area contributed by atoms with Crippen LogP contribution in [0.15, 0.2) is 159 Å². The Morgan fingerprint density at radius 1 is 0.456 bits per heavy atom. The zero-order valence-corrected chi connectivity index (χ0v) is 64.1. The van der Waals surface area contributed by atoms with Gasteiger partial charge in [-0.1, -0.05) is 78.4 Å². The second-order valence-electron chi connectivity index (χ2n) is 26.0. The van der Waals surface area contributed by atoms with E-state index in [1.165, 1.54) is 60.1 Å². The van der Waals surface area contributed by atoms with Gasteiger partial charge in [-0.2, -0.15) is 0 Å². The zero-order valence-electron chi connectivity index (χ0n) is 60.8. The summed E-state index contributed by atoms with van der Waals surface area (Å²) >= 11 is 4.60. The predicted molar refractivity (Wildman–Crippen MR) is 428 cm³/mol. The number of hydrogen-bond donors (Lipinski definition) is 4. The van der Waals surface area contributed by atoms with Crippen LogP contribution < -0.4 is 21.3 Å². The largest absolute Gasteiger partial charge is 0.463 e. The third kappa shape index (κ3) is 22.2. The molecule has 0 bridgehead atoms. The summed E-state index contributed by atoms with van der Waals surface area (Å²) in [4.78, 5) is 140. The van der Waals surface area contributed by atoms with Gasteiger partial charge in [0.2, 0.25) is 11.7 Å². The summed E-state index contributed by atoms with van der Waals surface area (Å²) in [5, 5.41) is 12.3. The van der Waals surface area contributed by atoms with Gasteiger partial charge in [0, 0.05) is 114 Å². The number of aryl methyl sites for hydroxylation is 2. The average Bonchev–Trinajstić information content (AvgIpc) is 1.68. The maximum Gasteiger partial charge on any atom is 0.413 e. The molecule has 5 aliphatic rings. The SMILES string of the molecule is C.C.Cc1ccc(C(=O)Nc2nc(-c3ccco3)c(C(=O)C3CCOCC3)s2)cn1.Cc1ncc(C(=O)Nc2nc(-c3ccco3)c(C(=O)C3CCOCC3)s2)cn1.O=C(CN1CC=CCC1)Nc1nc(-c2ccco2)c(C(=O)C2CCOCC2)s1.O=C(Nc1nc(-c2ccco2)c(C(=O)c2ccccn2)s1)OC1CCOCC1. The van der Waals surface area contributed by atoms with E-state index in [-0.39, 0.29) is 90.4 Å². The smallest absolute Gasteiger partial charge is 0.413 e. The van der Waals surface area contributed by atoms with Gasteiger partial charge in [0.1, 0.15) is 59.9 Å². The van der Waals surface area contributed by atoms with Gasteiger partial charge in [-0.15, -0.1) is 0 Å². The van der Waals surface area contributed by atoms with Gasteiger partial charge in [-0.3, -0.25) is 64.4 Å². The van der Waals surface area contributed by atoms with Gasteiger partial charge < -0.3 is 46.7 Å². The first-order chi connectivity index (χ1) is 54.6. The van der Waals surface area contributed by atoms with Gasteiger partial charge in [-0.05, 0) is 132 Å². The Balaban J connectivity index is 0.000000149. The van der Waals surface area contributed by atoms with Crippen molar-refractivity contribution in [3.05, 3.63) is 189 Å². The van der Waals surface area contributed by atoms with Crippen LogP contribution in [0.2, 0.25) is 0 Å². The van der Waals surface area contributed by atoms with E-state index in [1.54, 1.807) is 98.2 Å². The van der Waals surface area contributed by atoms with Crippen LogP contribution in [0, 0.1) is 31.6 Å². The maximum absolute atomic E-state index is 13.1. The molecule has 4 fully saturated rings. The number of ether oxygens (including phenoxy) is 5. The second kappa shape index (κ2) is 41.1. The molecule has 11 aromatic rings. The maximum atomic E-state index is 13.1. The van der Waals surface area contributed by atoms with Crippen molar-refractivity contribution in [2.24, 2.45) is 17.8 Å². The Bertz CT molecular complexity index is 4840. The van der Waals surface area contributed by atoms with E-state index in [0.717, 1.165) is 47.9 Å². The highest BCUT2D eigenvalue weighted by Crippen LogP contribution is 2.40. The molecule has 30 nitrogen and oxygen atoms in total. The Labute approximate surface area is 671 Å². The molecule has 0 atom stereocenters. The van der Waals surface area contributed by atoms with Crippen molar-refractivity contribution < 1.29 is 79.7 Å². The number of amides is 4. The summed E-state index contributed by atoms with van der Waals surface area (Å²) in [6.07, 6.45) is 21.9. The lowest BCUT2D eigenvalue weighted by atomic mass is 9.94. The van der Waals surface area contributed by atoms with Crippen molar-refractivity contribution >= 4 is 113 Å². The lowest BCUT2D eigenvalue weighted by Gasteiger charge is -2.21. The van der Waals surface area contributed by atoms with Crippen molar-refractivity contribution in [2.75, 3.05) is 93.8 Å². The van der Waals surface area contributed by atoms with E-state index in [2.05, 4.69) is 78.2 Å². The lowest BCUT2D eigenvalue weighted by molar-refractivity contribution is -0.117. The molecular formula is C80H85N13O17S4. The van der Waals surface area contributed by atoms with Gasteiger partial charge in [0.05, 0.1) is 55.9 Å². The van der Waals surface area contributed by atoms with E-state index in [1.807, 2.05) is 6.92 Å². The number of pyridine rings is 2. The van der Waals surface area contributed by atoms with Gasteiger partial charge >= 0.3 is 6.09 Å². The highest BCUT2D eigenvalue weighted by molar-refractivity contribution is 7.19. The molecule has 0 radical (unpaired) electrons. The number of nitrogens with zero attached hydrogens (tertiary/aromatic N) is 9. The number of thiazole rings is 4. The average molecular weight is 1630 g/mol. The number of carbonyl (C=O) groups is 8. The molecule has 0 aromatic carbocycles. The number of hydrogen-bond acceptors (Lipinski definition) is 30. The number of anilines is 4. The molecule has 0 unspecified atom stereocenters. The fourth-order valence-electron chi connectivity index (χ4n) is 12.2. The number of nitrogens with one attached hydrogen (secondary N) is 4. The molecule has 5 aliphatic heterocycles. The fraction of sp³-hybridized carbons (Fsp3) is 0.350. The minimum Gasteiger partial charge on any atom is -0.463 e. The molecule has 16 rings (SSSR count). The normalized spacial score (nSPS) is 15.3. The Morgan fingerprint density at radius 3 is 1.29 bits per heavy atom. The van der Waals surface area contributed by atoms with Gasteiger partial charge in [-0.25, -0.2) is 34.7 Å². The van der Waals surface area contributed by atoms with Crippen LogP contribution in [-0.2, 0) is 28.5 Å². The molecule has 0 spiro atoms. The number of aromatic nitrogens is 8. The van der Waals surface area contributed by atoms with Crippen LogP contribution in [0.4, 0.5) is 25.3 Å². The van der Waals surface area contributed by atoms with E-state index in [4.69, 9.17) is 41.4 Å². The molecule has 16 heterocycles. The van der Waals surface area contributed by atoms with Crippen LogP contribution in [0.1, 0.15) is 149 Å². The number of Topliss-reactive ketones (excluding diaryl/α,β-unsaturated/α-hetero) is 3. The third-order valence-electron chi connectivity index (χ3n) is 18.1. The number of furan rings is 4. The number of carbonyl (C=O) groups excluding carboxylic acids is 8. The summed E-state index contributed by atoms with van der Waals surface area (Å²) in [5.74, 6) is 1.19. The van der Waals surface area contributed by atoms with E-state index in [9.17, 15) is 38.4 Å².